The van der Waals surface area contributed by atoms with Crippen molar-refractivity contribution >= 4 is 11.5 Å². The third-order valence-corrected chi connectivity index (χ3v) is 2.45. The summed E-state index contributed by atoms with van der Waals surface area (Å²) in [5.74, 6) is 0.678. The highest BCUT2D eigenvalue weighted by atomic mass is 16.5. The number of para-hydroxylation sites is 1. The molecule has 0 fully saturated rings. The van der Waals surface area contributed by atoms with Gasteiger partial charge in [0.2, 0.25) is 0 Å². The van der Waals surface area contributed by atoms with Crippen LogP contribution in [0.3, 0.4) is 0 Å². The Kier molecular flexibility index (Phi) is 3.22. The molecule has 2 N–H and O–H groups in total. The lowest BCUT2D eigenvalue weighted by Gasteiger charge is -2.07. The Morgan fingerprint density at radius 2 is 2.28 bits per heavy atom. The first-order valence-corrected chi connectivity index (χ1v) is 5.30. The predicted octanol–water partition coefficient (Wildman–Crippen LogP) is 0.226. The summed E-state index contributed by atoms with van der Waals surface area (Å²) in [5, 5.41) is 11.4. The van der Waals surface area contributed by atoms with Gasteiger partial charge in [-0.05, 0) is 17.3 Å². The quantitative estimate of drug-likeness (QED) is 0.613. The predicted molar refractivity (Wildman–Crippen MR) is 64.2 cm³/mol. The van der Waals surface area contributed by atoms with E-state index in [4.69, 9.17) is 10.5 Å². The molecule has 0 radical (unpaired) electrons. The summed E-state index contributed by atoms with van der Waals surface area (Å²) in [6.07, 6.45) is 0.0607. The molecular weight excluding hydrogens is 234 g/mol. The molecule has 1 heterocycles. The van der Waals surface area contributed by atoms with E-state index in [1.807, 2.05) is 0 Å². The number of nitrogens with two attached hydrogens (primary N) is 1. The Labute approximate surface area is 104 Å². The standard InChI is InChI=1S/C11H13N5O2/c1-16-14-10(13-15-16)6-8(17)7-4-3-5-9(18-2)11(7)12/h3-5H,6,12H2,1-2H3. The summed E-state index contributed by atoms with van der Waals surface area (Å²) < 4.78 is 5.07. The zero-order chi connectivity index (χ0) is 13.1. The average Bonchev–Trinajstić information content (AvgIpc) is 2.75. The molecule has 0 aliphatic carbocycles. The van der Waals surface area contributed by atoms with Crippen LogP contribution in [0.25, 0.3) is 0 Å². The molecule has 0 saturated carbocycles. The number of hydrogen-bond donors (Lipinski definition) is 1. The number of carbonyl (C=O) groups is 1. The van der Waals surface area contributed by atoms with Gasteiger partial charge in [-0.2, -0.15) is 4.80 Å². The van der Waals surface area contributed by atoms with Crippen LogP contribution in [0, 0.1) is 0 Å². The third-order valence-electron chi connectivity index (χ3n) is 2.45. The number of rotatable bonds is 4. The van der Waals surface area contributed by atoms with Gasteiger partial charge in [0.15, 0.2) is 11.6 Å². The smallest absolute Gasteiger partial charge is 0.182 e. The van der Waals surface area contributed by atoms with E-state index in [-0.39, 0.29) is 12.2 Å². The molecule has 0 aliphatic heterocycles. The number of ether oxygens (including phenoxy) is 1. The number of methoxy groups -OCH3 is 1. The first-order chi connectivity index (χ1) is 8.61. The number of nitrogen functional groups attached to an aromatic ring is 1. The van der Waals surface area contributed by atoms with E-state index in [1.165, 1.54) is 11.9 Å². The van der Waals surface area contributed by atoms with Gasteiger partial charge in [-0.3, -0.25) is 4.79 Å². The lowest BCUT2D eigenvalue weighted by atomic mass is 10.1. The summed E-state index contributed by atoms with van der Waals surface area (Å²) in [4.78, 5) is 13.4. The van der Waals surface area contributed by atoms with Gasteiger partial charge < -0.3 is 10.5 Å². The number of hydrogen-bond acceptors (Lipinski definition) is 6. The Morgan fingerprint density at radius 3 is 2.89 bits per heavy atom. The number of ketones is 1. The van der Waals surface area contributed by atoms with Crippen molar-refractivity contribution in [3.8, 4) is 5.75 Å². The fourth-order valence-electron chi connectivity index (χ4n) is 1.60. The zero-order valence-corrected chi connectivity index (χ0v) is 10.1. The molecule has 0 saturated heterocycles. The van der Waals surface area contributed by atoms with Crippen molar-refractivity contribution in [2.24, 2.45) is 7.05 Å². The minimum atomic E-state index is -0.167. The molecule has 0 amide bonds. The molecule has 1 aromatic carbocycles. The van der Waals surface area contributed by atoms with Crippen LogP contribution in [-0.2, 0) is 13.5 Å². The highest BCUT2D eigenvalue weighted by Crippen LogP contribution is 2.25. The fourth-order valence-corrected chi connectivity index (χ4v) is 1.60. The minimum Gasteiger partial charge on any atom is -0.495 e. The highest BCUT2D eigenvalue weighted by Gasteiger charge is 2.15. The van der Waals surface area contributed by atoms with E-state index >= 15 is 0 Å². The Hall–Kier alpha value is -2.44. The van der Waals surface area contributed by atoms with Gasteiger partial charge in [-0.25, -0.2) is 0 Å². The monoisotopic (exact) mass is 247 g/mol. The molecule has 0 bridgehead atoms. The van der Waals surface area contributed by atoms with Gasteiger partial charge in [0.25, 0.3) is 0 Å². The van der Waals surface area contributed by atoms with Crippen molar-refractivity contribution in [2.45, 2.75) is 6.42 Å². The molecule has 2 aromatic rings. The molecular formula is C11H13N5O2. The SMILES string of the molecule is COc1cccc(C(=O)Cc2nnn(C)n2)c1N. The number of tetrazole rings is 1. The normalized spacial score (nSPS) is 10.3. The fraction of sp³-hybridized carbons (Fsp3) is 0.273. The summed E-state index contributed by atoms with van der Waals surface area (Å²) in [6.45, 7) is 0. The molecule has 0 atom stereocenters. The first-order valence-electron chi connectivity index (χ1n) is 5.30. The second kappa shape index (κ2) is 4.82. The molecule has 7 heteroatoms. The second-order valence-corrected chi connectivity index (χ2v) is 3.72. The van der Waals surface area contributed by atoms with Crippen molar-refractivity contribution in [1.29, 1.82) is 0 Å². The maximum Gasteiger partial charge on any atom is 0.182 e. The first kappa shape index (κ1) is 12.0. The summed E-state index contributed by atoms with van der Waals surface area (Å²) in [6, 6.07) is 5.07. The largest absolute Gasteiger partial charge is 0.495 e. The van der Waals surface area contributed by atoms with Gasteiger partial charge in [0.1, 0.15) is 5.75 Å². The summed E-state index contributed by atoms with van der Waals surface area (Å²) in [5.41, 5.74) is 6.58. The van der Waals surface area contributed by atoms with Crippen molar-refractivity contribution in [3.05, 3.63) is 29.6 Å². The van der Waals surface area contributed by atoms with Crippen molar-refractivity contribution in [1.82, 2.24) is 20.2 Å². The van der Waals surface area contributed by atoms with Gasteiger partial charge >= 0.3 is 0 Å². The number of carbonyl (C=O) groups excluding carboxylic acids is 1. The van der Waals surface area contributed by atoms with Crippen molar-refractivity contribution < 1.29 is 9.53 Å². The molecule has 1 aromatic heterocycles. The molecule has 0 aliphatic rings. The van der Waals surface area contributed by atoms with Crippen LogP contribution in [0.2, 0.25) is 0 Å². The molecule has 18 heavy (non-hydrogen) atoms. The number of benzene rings is 1. The Balaban J connectivity index is 2.24. The molecule has 0 spiro atoms. The second-order valence-electron chi connectivity index (χ2n) is 3.72. The van der Waals surface area contributed by atoms with Crippen molar-refractivity contribution in [3.63, 3.8) is 0 Å². The molecule has 0 unspecified atom stereocenters. The van der Waals surface area contributed by atoms with E-state index in [1.54, 1.807) is 25.2 Å². The number of aromatic nitrogens is 4. The minimum absolute atomic E-state index is 0.0607. The maximum absolute atomic E-state index is 12.1. The lowest BCUT2D eigenvalue weighted by molar-refractivity contribution is 0.0991. The molecule has 2 rings (SSSR count). The number of anilines is 1. The third kappa shape index (κ3) is 2.29. The topological polar surface area (TPSA) is 95.9 Å². The maximum atomic E-state index is 12.1. The zero-order valence-electron chi connectivity index (χ0n) is 10.1. The highest BCUT2D eigenvalue weighted by molar-refractivity contribution is 6.02. The Bertz CT molecular complexity index is 579. The average molecular weight is 247 g/mol. The van der Waals surface area contributed by atoms with Gasteiger partial charge in [-0.1, -0.05) is 6.07 Å². The number of nitrogens with zero attached hydrogens (tertiary/aromatic N) is 4. The van der Waals surface area contributed by atoms with Crippen LogP contribution in [0.15, 0.2) is 18.2 Å². The Morgan fingerprint density at radius 1 is 1.50 bits per heavy atom. The van der Waals surface area contributed by atoms with Crippen LogP contribution in [0.4, 0.5) is 5.69 Å². The van der Waals surface area contributed by atoms with Gasteiger partial charge in [0, 0.05) is 5.56 Å². The summed E-state index contributed by atoms with van der Waals surface area (Å²) >= 11 is 0. The van der Waals surface area contributed by atoms with E-state index in [0.717, 1.165) is 0 Å². The van der Waals surface area contributed by atoms with Crippen LogP contribution < -0.4 is 10.5 Å². The summed E-state index contributed by atoms with van der Waals surface area (Å²) in [7, 11) is 3.14. The van der Waals surface area contributed by atoms with Crippen molar-refractivity contribution in [2.75, 3.05) is 12.8 Å². The van der Waals surface area contributed by atoms with Gasteiger partial charge in [-0.15, -0.1) is 10.2 Å². The van der Waals surface area contributed by atoms with E-state index in [0.29, 0.717) is 22.8 Å². The molecule has 7 nitrogen and oxygen atoms in total. The number of aryl methyl sites for hydroxylation is 1. The van der Waals surface area contributed by atoms with Crippen LogP contribution in [0.5, 0.6) is 5.75 Å². The lowest BCUT2D eigenvalue weighted by Crippen LogP contribution is -2.09. The van der Waals surface area contributed by atoms with Crippen LogP contribution in [0.1, 0.15) is 16.2 Å². The van der Waals surface area contributed by atoms with Gasteiger partial charge in [0.05, 0.1) is 26.3 Å². The van der Waals surface area contributed by atoms with E-state index in [9.17, 15) is 4.79 Å². The van der Waals surface area contributed by atoms with Crippen LogP contribution >= 0.6 is 0 Å². The van der Waals surface area contributed by atoms with Crippen LogP contribution in [-0.4, -0.2) is 33.1 Å². The molecule has 94 valence electrons. The van der Waals surface area contributed by atoms with E-state index < -0.39 is 0 Å². The van der Waals surface area contributed by atoms with E-state index in [2.05, 4.69) is 15.4 Å². The number of Topliss-reactive ketones (excluding diaryl/α,β-unsaturated/α-hetero) is 1.